The number of thiazole rings is 1. The van der Waals surface area contributed by atoms with Gasteiger partial charge < -0.3 is 5.32 Å². The van der Waals surface area contributed by atoms with Crippen LogP contribution in [0, 0.1) is 0 Å². The Morgan fingerprint density at radius 2 is 1.65 bits per heavy atom. The van der Waals surface area contributed by atoms with E-state index in [1.54, 1.807) is 36.4 Å². The molecule has 26 heavy (non-hydrogen) atoms. The fraction of sp³-hybridized carbons (Fsp3) is 0.111. The van der Waals surface area contributed by atoms with Gasteiger partial charge in [-0.05, 0) is 17.7 Å². The maximum atomic E-state index is 12.2. The molecule has 3 aromatic rings. The van der Waals surface area contributed by atoms with Crippen LogP contribution < -0.4 is 5.32 Å². The summed E-state index contributed by atoms with van der Waals surface area (Å²) in [5.74, 6) is -1.95. The number of amides is 1. The van der Waals surface area contributed by atoms with Gasteiger partial charge in [-0.1, -0.05) is 48.0 Å². The van der Waals surface area contributed by atoms with Crippen molar-refractivity contribution in [3.8, 4) is 21.8 Å². The van der Waals surface area contributed by atoms with Crippen molar-refractivity contribution in [1.29, 1.82) is 0 Å². The van der Waals surface area contributed by atoms with Gasteiger partial charge in [0.2, 0.25) is 0 Å². The van der Waals surface area contributed by atoms with Crippen LogP contribution in [0.2, 0.25) is 5.02 Å². The molecule has 0 fully saturated rings. The molecular formula is C18H12ClF3N2OS. The van der Waals surface area contributed by atoms with Crippen molar-refractivity contribution in [2.24, 2.45) is 0 Å². The summed E-state index contributed by atoms with van der Waals surface area (Å²) in [6.07, 6.45) is -4.88. The Balaban J connectivity index is 1.69. The molecule has 1 heterocycles. The summed E-state index contributed by atoms with van der Waals surface area (Å²) in [5.41, 5.74) is 3.13. The number of carbonyl (C=O) groups is 1. The minimum Gasteiger partial charge on any atom is -0.344 e. The first kappa shape index (κ1) is 18.4. The third-order valence-electron chi connectivity index (χ3n) is 3.56. The zero-order valence-corrected chi connectivity index (χ0v) is 14.8. The summed E-state index contributed by atoms with van der Waals surface area (Å²) in [4.78, 5) is 15.4. The normalized spacial score (nSPS) is 11.4. The number of hydrogen-bond acceptors (Lipinski definition) is 3. The lowest BCUT2D eigenvalue weighted by molar-refractivity contribution is -0.173. The molecule has 0 saturated heterocycles. The SMILES string of the molecule is O=C(NCc1ccc(-c2csc(-c3ccc(Cl)cc3)n2)cc1)C(F)(F)F. The molecule has 134 valence electrons. The van der Waals surface area contributed by atoms with Crippen LogP contribution in [-0.2, 0) is 11.3 Å². The van der Waals surface area contributed by atoms with Gasteiger partial charge in [-0.25, -0.2) is 4.98 Å². The molecular weight excluding hydrogens is 385 g/mol. The molecule has 1 N–H and O–H groups in total. The minimum atomic E-state index is -4.88. The number of benzene rings is 2. The second kappa shape index (κ2) is 7.47. The Labute approximate surface area is 156 Å². The van der Waals surface area contributed by atoms with E-state index < -0.39 is 12.1 Å². The van der Waals surface area contributed by atoms with Crippen molar-refractivity contribution >= 4 is 28.8 Å². The van der Waals surface area contributed by atoms with E-state index in [0.717, 1.165) is 21.8 Å². The summed E-state index contributed by atoms with van der Waals surface area (Å²) in [7, 11) is 0. The van der Waals surface area contributed by atoms with Crippen LogP contribution in [0.1, 0.15) is 5.56 Å². The van der Waals surface area contributed by atoms with Crippen LogP contribution in [0.15, 0.2) is 53.9 Å². The zero-order valence-electron chi connectivity index (χ0n) is 13.2. The highest BCUT2D eigenvalue weighted by molar-refractivity contribution is 7.13. The van der Waals surface area contributed by atoms with E-state index >= 15 is 0 Å². The number of halogens is 4. The summed E-state index contributed by atoms with van der Waals surface area (Å²) < 4.78 is 36.5. The maximum absolute atomic E-state index is 12.2. The largest absolute Gasteiger partial charge is 0.471 e. The molecule has 0 aliphatic rings. The fourth-order valence-corrected chi connectivity index (χ4v) is 3.17. The monoisotopic (exact) mass is 396 g/mol. The van der Waals surface area contributed by atoms with Gasteiger partial charge in [-0.15, -0.1) is 11.3 Å². The molecule has 3 rings (SSSR count). The molecule has 0 radical (unpaired) electrons. The van der Waals surface area contributed by atoms with E-state index in [1.807, 2.05) is 22.8 Å². The van der Waals surface area contributed by atoms with Crippen molar-refractivity contribution in [3.05, 3.63) is 64.5 Å². The number of rotatable bonds is 4. The molecule has 0 unspecified atom stereocenters. The van der Waals surface area contributed by atoms with E-state index in [2.05, 4.69) is 4.98 Å². The average Bonchev–Trinajstić information content (AvgIpc) is 3.10. The van der Waals surface area contributed by atoms with Crippen molar-refractivity contribution < 1.29 is 18.0 Å². The third-order valence-corrected chi connectivity index (χ3v) is 4.70. The molecule has 2 aromatic carbocycles. The summed E-state index contributed by atoms with van der Waals surface area (Å²) >= 11 is 7.37. The first-order chi connectivity index (χ1) is 12.3. The predicted molar refractivity (Wildman–Crippen MR) is 95.9 cm³/mol. The van der Waals surface area contributed by atoms with E-state index in [1.165, 1.54) is 11.3 Å². The fourth-order valence-electron chi connectivity index (χ4n) is 2.21. The number of aromatic nitrogens is 1. The number of hydrogen-bond donors (Lipinski definition) is 1. The Morgan fingerprint density at radius 3 is 2.27 bits per heavy atom. The lowest BCUT2D eigenvalue weighted by Crippen LogP contribution is -2.36. The van der Waals surface area contributed by atoms with Crippen molar-refractivity contribution in [1.82, 2.24) is 10.3 Å². The van der Waals surface area contributed by atoms with E-state index in [9.17, 15) is 18.0 Å². The van der Waals surface area contributed by atoms with E-state index in [-0.39, 0.29) is 6.54 Å². The molecule has 0 bridgehead atoms. The quantitative estimate of drug-likeness (QED) is 0.649. The maximum Gasteiger partial charge on any atom is 0.471 e. The highest BCUT2D eigenvalue weighted by Crippen LogP contribution is 2.29. The van der Waals surface area contributed by atoms with Crippen LogP contribution in [0.4, 0.5) is 13.2 Å². The van der Waals surface area contributed by atoms with Crippen molar-refractivity contribution in [2.75, 3.05) is 0 Å². The van der Waals surface area contributed by atoms with Crippen LogP contribution in [0.5, 0.6) is 0 Å². The minimum absolute atomic E-state index is 0.189. The number of nitrogens with zero attached hydrogens (tertiary/aromatic N) is 1. The van der Waals surface area contributed by atoms with Gasteiger partial charge in [0, 0.05) is 28.1 Å². The topological polar surface area (TPSA) is 42.0 Å². The van der Waals surface area contributed by atoms with Crippen LogP contribution in [0.3, 0.4) is 0 Å². The summed E-state index contributed by atoms with van der Waals surface area (Å²) in [5, 5.41) is 5.24. The van der Waals surface area contributed by atoms with E-state index in [4.69, 9.17) is 11.6 Å². The Kier molecular flexibility index (Phi) is 5.29. The van der Waals surface area contributed by atoms with Gasteiger partial charge in [0.1, 0.15) is 5.01 Å². The Hall–Kier alpha value is -2.38. The second-order valence-corrected chi connectivity index (χ2v) is 6.72. The predicted octanol–water partition coefficient (Wildman–Crippen LogP) is 5.31. The molecule has 3 nitrogen and oxygen atoms in total. The van der Waals surface area contributed by atoms with E-state index in [0.29, 0.717) is 10.6 Å². The highest BCUT2D eigenvalue weighted by Gasteiger charge is 2.38. The first-order valence-electron chi connectivity index (χ1n) is 7.49. The first-order valence-corrected chi connectivity index (χ1v) is 8.74. The molecule has 0 spiro atoms. The van der Waals surface area contributed by atoms with Gasteiger partial charge in [-0.2, -0.15) is 13.2 Å². The van der Waals surface area contributed by atoms with Gasteiger partial charge in [0.05, 0.1) is 5.69 Å². The Morgan fingerprint density at radius 1 is 1.04 bits per heavy atom. The number of carbonyl (C=O) groups excluding carboxylic acids is 1. The van der Waals surface area contributed by atoms with Crippen LogP contribution in [0.25, 0.3) is 21.8 Å². The molecule has 8 heteroatoms. The van der Waals surface area contributed by atoms with Gasteiger partial charge >= 0.3 is 12.1 Å². The molecule has 1 amide bonds. The molecule has 0 atom stereocenters. The van der Waals surface area contributed by atoms with Gasteiger partial charge in [-0.3, -0.25) is 4.79 Å². The second-order valence-electron chi connectivity index (χ2n) is 5.42. The summed E-state index contributed by atoms with van der Waals surface area (Å²) in [6.45, 7) is -0.189. The van der Waals surface area contributed by atoms with Crippen molar-refractivity contribution in [2.45, 2.75) is 12.7 Å². The van der Waals surface area contributed by atoms with Gasteiger partial charge in [0.25, 0.3) is 0 Å². The highest BCUT2D eigenvalue weighted by atomic mass is 35.5. The van der Waals surface area contributed by atoms with Gasteiger partial charge in [0.15, 0.2) is 0 Å². The average molecular weight is 397 g/mol. The summed E-state index contributed by atoms with van der Waals surface area (Å²) in [6, 6.07) is 14.2. The van der Waals surface area contributed by atoms with Crippen LogP contribution >= 0.6 is 22.9 Å². The zero-order chi connectivity index (χ0) is 18.7. The molecule has 0 saturated carbocycles. The van der Waals surface area contributed by atoms with Crippen LogP contribution in [-0.4, -0.2) is 17.1 Å². The number of alkyl halides is 3. The standard InChI is InChI=1S/C18H12ClF3N2OS/c19-14-7-5-13(6-8-14)16-24-15(10-26-16)12-3-1-11(2-4-12)9-23-17(25)18(20,21)22/h1-8,10H,9H2,(H,23,25). The Bertz CT molecular complexity index is 905. The lowest BCUT2D eigenvalue weighted by Gasteiger charge is -2.08. The smallest absolute Gasteiger partial charge is 0.344 e. The number of nitrogens with one attached hydrogen (secondary N) is 1. The molecule has 1 aromatic heterocycles. The third kappa shape index (κ3) is 4.42. The lowest BCUT2D eigenvalue weighted by atomic mass is 10.1. The molecule has 0 aliphatic carbocycles. The molecule has 0 aliphatic heterocycles. The van der Waals surface area contributed by atoms with Crippen molar-refractivity contribution in [3.63, 3.8) is 0 Å².